The van der Waals surface area contributed by atoms with E-state index in [1.165, 1.54) is 0 Å². The zero-order chi connectivity index (χ0) is 26.5. The molecule has 210 valence electrons. The van der Waals surface area contributed by atoms with E-state index in [1.54, 1.807) is 0 Å². The van der Waals surface area contributed by atoms with Gasteiger partial charge in [-0.2, -0.15) is 0 Å². The van der Waals surface area contributed by atoms with Crippen LogP contribution in [0.3, 0.4) is 0 Å². The Labute approximate surface area is 243 Å². The van der Waals surface area contributed by atoms with Crippen LogP contribution in [0.2, 0.25) is 0 Å². The first kappa shape index (κ1) is 29.9. The van der Waals surface area contributed by atoms with Crippen LogP contribution in [0.25, 0.3) is 0 Å². The molecule has 4 atom stereocenters. The maximum atomic E-state index is 6.62. The van der Waals surface area contributed by atoms with Crippen molar-refractivity contribution in [2.75, 3.05) is 13.2 Å². The maximum Gasteiger partial charge on any atom is 0.113 e. The van der Waals surface area contributed by atoms with Gasteiger partial charge in [-0.15, -0.1) is 12.4 Å². The first-order valence-corrected chi connectivity index (χ1v) is 13.7. The molecule has 0 radical (unpaired) electrons. The van der Waals surface area contributed by atoms with E-state index in [9.17, 15) is 0 Å². The lowest BCUT2D eigenvalue weighted by atomic mass is 9.95. The van der Waals surface area contributed by atoms with E-state index >= 15 is 0 Å². The molecule has 5 nitrogen and oxygen atoms in total. The van der Waals surface area contributed by atoms with Crippen LogP contribution in [0.4, 0.5) is 0 Å². The van der Waals surface area contributed by atoms with Crippen molar-refractivity contribution in [1.29, 1.82) is 0 Å². The molecule has 0 amide bonds. The Morgan fingerprint density at radius 1 is 0.500 bits per heavy atom. The number of ether oxygens (including phenoxy) is 4. The van der Waals surface area contributed by atoms with E-state index in [4.69, 9.17) is 18.9 Å². The Morgan fingerprint density at radius 2 is 0.900 bits per heavy atom. The van der Waals surface area contributed by atoms with Crippen LogP contribution in [0.5, 0.6) is 0 Å². The van der Waals surface area contributed by atoms with Gasteiger partial charge in [-0.05, 0) is 22.3 Å². The number of rotatable bonds is 13. The molecular formula is C34H38ClNO4. The van der Waals surface area contributed by atoms with Gasteiger partial charge in [-0.3, -0.25) is 0 Å². The van der Waals surface area contributed by atoms with E-state index in [0.29, 0.717) is 39.6 Å². The number of halogens is 1. The molecule has 4 aromatic carbocycles. The molecule has 1 saturated heterocycles. The van der Waals surface area contributed by atoms with E-state index in [2.05, 4.69) is 53.8 Å². The third-order valence-corrected chi connectivity index (χ3v) is 6.95. The lowest BCUT2D eigenvalue weighted by Gasteiger charge is -2.43. The Kier molecular flexibility index (Phi) is 12.2. The molecule has 0 spiro atoms. The molecule has 40 heavy (non-hydrogen) atoms. The number of nitrogens with one attached hydrogen (secondary N) is 1. The summed E-state index contributed by atoms with van der Waals surface area (Å²) in [4.78, 5) is 0. The molecule has 6 heteroatoms. The second-order valence-corrected chi connectivity index (χ2v) is 9.87. The summed E-state index contributed by atoms with van der Waals surface area (Å²) in [5.74, 6) is 0. The fourth-order valence-corrected chi connectivity index (χ4v) is 4.85. The Balaban J connectivity index is 0.00000370. The molecule has 1 aliphatic heterocycles. The molecule has 4 aromatic rings. The molecular weight excluding hydrogens is 522 g/mol. The molecule has 1 heterocycles. The average molecular weight is 560 g/mol. The van der Waals surface area contributed by atoms with Gasteiger partial charge >= 0.3 is 0 Å². The van der Waals surface area contributed by atoms with Gasteiger partial charge in [-0.25, -0.2) is 0 Å². The molecule has 1 N–H and O–H groups in total. The van der Waals surface area contributed by atoms with E-state index in [-0.39, 0.29) is 36.8 Å². The highest BCUT2D eigenvalue weighted by Gasteiger charge is 2.42. The van der Waals surface area contributed by atoms with Crippen LogP contribution < -0.4 is 5.32 Å². The second-order valence-electron chi connectivity index (χ2n) is 9.87. The van der Waals surface area contributed by atoms with Gasteiger partial charge in [0, 0.05) is 6.54 Å². The van der Waals surface area contributed by atoms with Gasteiger partial charge in [-0.1, -0.05) is 121 Å². The van der Waals surface area contributed by atoms with E-state index in [0.717, 1.165) is 22.3 Å². The van der Waals surface area contributed by atoms with Crippen LogP contribution in [-0.4, -0.2) is 37.5 Å². The summed E-state index contributed by atoms with van der Waals surface area (Å²) in [6.45, 7) is 3.19. The normalized spacial score (nSPS) is 20.5. The average Bonchev–Trinajstić information content (AvgIpc) is 3.00. The van der Waals surface area contributed by atoms with Crippen molar-refractivity contribution in [2.45, 2.75) is 50.8 Å². The number of benzene rings is 4. The summed E-state index contributed by atoms with van der Waals surface area (Å²) >= 11 is 0. The highest BCUT2D eigenvalue weighted by Crippen LogP contribution is 2.24. The molecule has 0 unspecified atom stereocenters. The highest BCUT2D eigenvalue weighted by molar-refractivity contribution is 5.85. The van der Waals surface area contributed by atoms with Crippen molar-refractivity contribution in [3.63, 3.8) is 0 Å². The van der Waals surface area contributed by atoms with E-state index < -0.39 is 0 Å². The maximum absolute atomic E-state index is 6.62. The van der Waals surface area contributed by atoms with Crippen LogP contribution in [0.1, 0.15) is 22.3 Å². The van der Waals surface area contributed by atoms with Crippen molar-refractivity contribution in [3.8, 4) is 0 Å². The van der Waals surface area contributed by atoms with Crippen LogP contribution in [0.15, 0.2) is 121 Å². The van der Waals surface area contributed by atoms with Crippen molar-refractivity contribution in [2.24, 2.45) is 0 Å². The van der Waals surface area contributed by atoms with Crippen LogP contribution >= 0.6 is 12.4 Å². The third kappa shape index (κ3) is 9.00. The van der Waals surface area contributed by atoms with Crippen molar-refractivity contribution < 1.29 is 18.9 Å². The lowest BCUT2D eigenvalue weighted by molar-refractivity contribution is -0.181. The number of hydrogen-bond acceptors (Lipinski definition) is 5. The smallest absolute Gasteiger partial charge is 0.113 e. The predicted octanol–water partition coefficient (Wildman–Crippen LogP) is 6.35. The Morgan fingerprint density at radius 3 is 1.38 bits per heavy atom. The first-order chi connectivity index (χ1) is 19.3. The monoisotopic (exact) mass is 559 g/mol. The minimum absolute atomic E-state index is 0. The summed E-state index contributed by atoms with van der Waals surface area (Å²) in [7, 11) is 0. The zero-order valence-electron chi connectivity index (χ0n) is 22.6. The second kappa shape index (κ2) is 16.3. The number of piperidine rings is 1. The molecule has 0 bridgehead atoms. The summed E-state index contributed by atoms with van der Waals surface area (Å²) in [6, 6.07) is 41.0. The lowest BCUT2D eigenvalue weighted by Crippen LogP contribution is -2.63. The molecule has 5 rings (SSSR count). The molecule has 1 fully saturated rings. The Hall–Kier alpha value is -3.03. The van der Waals surface area contributed by atoms with Gasteiger partial charge in [0.05, 0.1) is 45.2 Å². The topological polar surface area (TPSA) is 49.0 Å². The zero-order valence-corrected chi connectivity index (χ0v) is 23.5. The van der Waals surface area contributed by atoms with Gasteiger partial charge in [0.25, 0.3) is 0 Å². The van der Waals surface area contributed by atoms with Gasteiger partial charge in [0.15, 0.2) is 0 Å². The number of hydrogen-bond donors (Lipinski definition) is 1. The summed E-state index contributed by atoms with van der Waals surface area (Å²) in [5.41, 5.74) is 4.53. The third-order valence-electron chi connectivity index (χ3n) is 6.95. The quantitative estimate of drug-likeness (QED) is 0.207. The summed E-state index contributed by atoms with van der Waals surface area (Å²) in [5, 5.41) is 3.65. The van der Waals surface area contributed by atoms with Crippen LogP contribution in [0, 0.1) is 0 Å². The van der Waals surface area contributed by atoms with Gasteiger partial charge in [0.1, 0.15) is 12.2 Å². The SMILES string of the molecule is Cl.c1ccc(COC[C@H]2NC[C@@H](OCc3ccccc3)[C@H](OCc3ccccc3)[C@@H]2OCc2ccccc2)cc1. The molecule has 0 saturated carbocycles. The highest BCUT2D eigenvalue weighted by atomic mass is 35.5. The molecule has 0 aromatic heterocycles. The van der Waals surface area contributed by atoms with Gasteiger partial charge < -0.3 is 24.3 Å². The fraction of sp³-hybridized carbons (Fsp3) is 0.294. The largest absolute Gasteiger partial charge is 0.375 e. The van der Waals surface area contributed by atoms with Crippen molar-refractivity contribution in [1.82, 2.24) is 5.32 Å². The van der Waals surface area contributed by atoms with Gasteiger partial charge in [0.2, 0.25) is 0 Å². The van der Waals surface area contributed by atoms with Crippen molar-refractivity contribution in [3.05, 3.63) is 144 Å². The van der Waals surface area contributed by atoms with Crippen LogP contribution in [-0.2, 0) is 45.4 Å². The minimum Gasteiger partial charge on any atom is -0.375 e. The summed E-state index contributed by atoms with van der Waals surface area (Å²) in [6.07, 6.45) is -0.719. The Bertz CT molecular complexity index is 1210. The minimum atomic E-state index is -0.274. The molecule has 1 aliphatic rings. The fourth-order valence-electron chi connectivity index (χ4n) is 4.85. The standard InChI is InChI=1S/C34H37NO4.ClH/c1-5-13-27(14-6-1)22-36-26-31-33(38-24-29-17-9-3-10-18-29)34(39-25-30-19-11-4-12-20-30)32(21-35-31)37-23-28-15-7-2-8-16-28;/h1-20,31-35H,21-26H2;1H/t31-,32-,33-,34+;/m1./s1. The first-order valence-electron chi connectivity index (χ1n) is 13.7. The summed E-state index contributed by atoms with van der Waals surface area (Å²) < 4.78 is 25.9. The van der Waals surface area contributed by atoms with E-state index in [1.807, 2.05) is 72.8 Å². The van der Waals surface area contributed by atoms with Crippen molar-refractivity contribution >= 4 is 12.4 Å². The molecule has 0 aliphatic carbocycles. The predicted molar refractivity (Wildman–Crippen MR) is 160 cm³/mol.